The molecule has 2 N–H and O–H groups in total. The van der Waals surface area contributed by atoms with Gasteiger partial charge in [0, 0.05) is 10.7 Å². The van der Waals surface area contributed by atoms with Crippen LogP contribution in [0.1, 0.15) is 11.6 Å². The van der Waals surface area contributed by atoms with Gasteiger partial charge < -0.3 is 10.6 Å². The van der Waals surface area contributed by atoms with Crippen molar-refractivity contribution in [3.63, 3.8) is 0 Å². The van der Waals surface area contributed by atoms with Crippen molar-refractivity contribution < 1.29 is 8.78 Å². The molecule has 1 unspecified atom stereocenters. The highest BCUT2D eigenvalue weighted by atomic mass is 35.5. The fraction of sp³-hybridized carbons (Fsp3) is 0.133. The number of benzene rings is 2. The van der Waals surface area contributed by atoms with Crippen LogP contribution in [0.2, 0.25) is 5.02 Å². The van der Waals surface area contributed by atoms with Gasteiger partial charge in [-0.1, -0.05) is 17.7 Å². The number of anilines is 1. The first-order valence-corrected chi connectivity index (χ1v) is 6.73. The minimum atomic E-state index is -0.429. The molecule has 1 atom stereocenters. The van der Waals surface area contributed by atoms with E-state index in [1.165, 1.54) is 24.3 Å². The van der Waals surface area contributed by atoms with Crippen LogP contribution in [0, 0.1) is 11.6 Å². The summed E-state index contributed by atoms with van der Waals surface area (Å²) in [6.45, 7) is 0.363. The molecule has 0 radical (unpaired) electrons. The first kappa shape index (κ1) is 13.8. The van der Waals surface area contributed by atoms with Crippen LogP contribution in [0.4, 0.5) is 14.5 Å². The lowest BCUT2D eigenvalue weighted by atomic mass is 10.1. The Morgan fingerprint density at radius 3 is 2.67 bits per heavy atom. The Balaban J connectivity index is 2.02. The zero-order valence-electron chi connectivity index (χ0n) is 10.9. The predicted molar refractivity (Wildman–Crippen MR) is 79.5 cm³/mol. The van der Waals surface area contributed by atoms with Crippen molar-refractivity contribution in [1.82, 2.24) is 0 Å². The van der Waals surface area contributed by atoms with E-state index in [0.717, 1.165) is 0 Å². The topological polar surface area (TPSA) is 41.6 Å². The molecule has 0 saturated heterocycles. The zero-order chi connectivity index (χ0) is 15.0. The van der Waals surface area contributed by atoms with E-state index >= 15 is 0 Å². The predicted octanol–water partition coefficient (Wildman–Crippen LogP) is 3.49. The number of halogens is 3. The van der Waals surface area contributed by atoms with E-state index in [4.69, 9.17) is 17.3 Å². The summed E-state index contributed by atoms with van der Waals surface area (Å²) >= 11 is 5.90. The van der Waals surface area contributed by atoms with Gasteiger partial charge in [-0.3, -0.25) is 4.99 Å². The molecule has 108 valence electrons. The first-order chi connectivity index (χ1) is 10.0. The monoisotopic (exact) mass is 307 g/mol. The number of nitrogens with two attached hydrogens (primary N) is 1. The van der Waals surface area contributed by atoms with Gasteiger partial charge in [0.05, 0.1) is 12.6 Å². The molecular formula is C15H12ClF2N3. The third-order valence-corrected chi connectivity index (χ3v) is 3.56. The maximum atomic E-state index is 13.5. The van der Waals surface area contributed by atoms with Gasteiger partial charge in [0.1, 0.15) is 11.6 Å². The van der Waals surface area contributed by atoms with Crippen LogP contribution in [0.25, 0.3) is 0 Å². The number of aliphatic imine (C=N–C) groups is 1. The van der Waals surface area contributed by atoms with Gasteiger partial charge in [-0.15, -0.1) is 0 Å². The quantitative estimate of drug-likeness (QED) is 0.922. The molecule has 2 aromatic carbocycles. The molecule has 3 nitrogen and oxygen atoms in total. The Hall–Kier alpha value is -2.14. The van der Waals surface area contributed by atoms with E-state index < -0.39 is 5.82 Å². The molecular weight excluding hydrogens is 296 g/mol. The third-order valence-electron chi connectivity index (χ3n) is 3.34. The molecule has 1 aliphatic rings. The van der Waals surface area contributed by atoms with E-state index in [0.29, 0.717) is 22.8 Å². The van der Waals surface area contributed by atoms with Crippen LogP contribution < -0.4 is 10.6 Å². The van der Waals surface area contributed by atoms with Crippen molar-refractivity contribution in [3.05, 3.63) is 64.7 Å². The summed E-state index contributed by atoms with van der Waals surface area (Å²) in [4.78, 5) is 5.85. The van der Waals surface area contributed by atoms with E-state index in [-0.39, 0.29) is 17.8 Å². The van der Waals surface area contributed by atoms with Gasteiger partial charge in [-0.05, 0) is 42.0 Å². The van der Waals surface area contributed by atoms with Gasteiger partial charge in [0.15, 0.2) is 5.96 Å². The number of rotatable bonds is 2. The van der Waals surface area contributed by atoms with E-state index in [1.54, 1.807) is 23.1 Å². The SMILES string of the molecule is NC1=NCC(c2cc(F)cc(Cl)c2)N1c1cccc(F)c1. The number of nitrogens with zero attached hydrogens (tertiary/aromatic N) is 2. The summed E-state index contributed by atoms with van der Waals surface area (Å²) in [6.07, 6.45) is 0. The lowest BCUT2D eigenvalue weighted by Gasteiger charge is -2.26. The zero-order valence-corrected chi connectivity index (χ0v) is 11.7. The first-order valence-electron chi connectivity index (χ1n) is 6.35. The molecule has 2 aromatic rings. The molecule has 1 heterocycles. The van der Waals surface area contributed by atoms with Crippen molar-refractivity contribution in [3.8, 4) is 0 Å². The van der Waals surface area contributed by atoms with Crippen molar-refractivity contribution in [2.45, 2.75) is 6.04 Å². The van der Waals surface area contributed by atoms with Crippen LogP contribution in [0.15, 0.2) is 47.5 Å². The molecule has 3 rings (SSSR count). The summed E-state index contributed by atoms with van der Waals surface area (Å²) in [5, 5.41) is 0.301. The van der Waals surface area contributed by atoms with Crippen LogP contribution >= 0.6 is 11.6 Å². The molecule has 6 heteroatoms. The standard InChI is InChI=1S/C15H12ClF2N3/c16-10-4-9(5-12(18)6-10)14-8-20-15(19)21(14)13-3-1-2-11(17)7-13/h1-7,14H,8H2,(H2,19,20). The van der Waals surface area contributed by atoms with Gasteiger partial charge in [0.25, 0.3) is 0 Å². The van der Waals surface area contributed by atoms with Gasteiger partial charge in [0.2, 0.25) is 0 Å². The van der Waals surface area contributed by atoms with E-state index in [2.05, 4.69) is 4.99 Å². The third kappa shape index (κ3) is 2.69. The fourth-order valence-electron chi connectivity index (χ4n) is 2.46. The summed E-state index contributed by atoms with van der Waals surface area (Å²) in [7, 11) is 0. The van der Waals surface area contributed by atoms with Crippen molar-refractivity contribution in [1.29, 1.82) is 0 Å². The Morgan fingerprint density at radius 1 is 1.14 bits per heavy atom. The van der Waals surface area contributed by atoms with Crippen LogP contribution in [0.5, 0.6) is 0 Å². The highest BCUT2D eigenvalue weighted by Crippen LogP contribution is 2.32. The average Bonchev–Trinajstić information content (AvgIpc) is 2.79. The Labute approximate surface area is 125 Å². The van der Waals surface area contributed by atoms with Gasteiger partial charge in [-0.25, -0.2) is 8.78 Å². The van der Waals surface area contributed by atoms with E-state index in [9.17, 15) is 8.78 Å². The molecule has 0 aliphatic carbocycles. The summed E-state index contributed by atoms with van der Waals surface area (Å²) in [5.74, 6) is -0.531. The van der Waals surface area contributed by atoms with Crippen LogP contribution in [-0.4, -0.2) is 12.5 Å². The minimum absolute atomic E-state index is 0.269. The smallest absolute Gasteiger partial charge is 0.196 e. The lowest BCUT2D eigenvalue weighted by Crippen LogP contribution is -2.36. The Kier molecular flexibility index (Phi) is 3.51. The van der Waals surface area contributed by atoms with Crippen molar-refractivity contribution >= 4 is 23.2 Å². The Morgan fingerprint density at radius 2 is 1.95 bits per heavy atom. The molecule has 0 fully saturated rings. The second kappa shape index (κ2) is 5.33. The lowest BCUT2D eigenvalue weighted by molar-refractivity contribution is 0.619. The summed E-state index contributed by atoms with van der Waals surface area (Å²) < 4.78 is 27.0. The van der Waals surface area contributed by atoms with Gasteiger partial charge in [-0.2, -0.15) is 0 Å². The van der Waals surface area contributed by atoms with Crippen molar-refractivity contribution in [2.24, 2.45) is 10.7 Å². The minimum Gasteiger partial charge on any atom is -0.369 e. The molecule has 0 amide bonds. The van der Waals surface area contributed by atoms with Crippen LogP contribution in [-0.2, 0) is 0 Å². The maximum Gasteiger partial charge on any atom is 0.196 e. The largest absolute Gasteiger partial charge is 0.369 e. The molecule has 1 aliphatic heterocycles. The fourth-order valence-corrected chi connectivity index (χ4v) is 2.69. The normalized spacial score (nSPS) is 18.0. The number of guanidine groups is 1. The molecule has 0 saturated carbocycles. The average molecular weight is 308 g/mol. The molecule has 21 heavy (non-hydrogen) atoms. The highest BCUT2D eigenvalue weighted by molar-refractivity contribution is 6.30. The highest BCUT2D eigenvalue weighted by Gasteiger charge is 2.29. The summed E-state index contributed by atoms with van der Waals surface area (Å²) in [6, 6.07) is 10.0. The van der Waals surface area contributed by atoms with E-state index in [1.807, 2.05) is 0 Å². The van der Waals surface area contributed by atoms with Gasteiger partial charge >= 0.3 is 0 Å². The van der Waals surface area contributed by atoms with Crippen LogP contribution in [0.3, 0.4) is 0 Å². The maximum absolute atomic E-state index is 13.5. The summed E-state index contributed by atoms with van der Waals surface area (Å²) in [5.41, 5.74) is 7.11. The number of hydrogen-bond donors (Lipinski definition) is 1. The molecule has 0 spiro atoms. The number of hydrogen-bond acceptors (Lipinski definition) is 3. The molecule has 0 bridgehead atoms. The Bertz CT molecular complexity index is 698. The second-order valence-corrected chi connectivity index (χ2v) is 5.20. The van der Waals surface area contributed by atoms with Crippen molar-refractivity contribution in [2.75, 3.05) is 11.4 Å². The molecule has 0 aromatic heterocycles. The second-order valence-electron chi connectivity index (χ2n) is 4.77.